The molecule has 4 rings (SSSR count). The topological polar surface area (TPSA) is 156 Å². The SMILES string of the molecule is CCCc1c(C=O)c(C)c2c(=O)[nH]c(-c3cc(S(=O)(=O)N4CCN(CCO[N+](=O)OC)CC4)ccc3OCC)nn12. The summed E-state index contributed by atoms with van der Waals surface area (Å²) in [6.07, 6.45) is 2.00. The predicted molar refractivity (Wildman–Crippen MR) is 148 cm³/mol. The van der Waals surface area contributed by atoms with Crippen molar-refractivity contribution in [1.29, 1.82) is 0 Å². The molecule has 1 aromatic carbocycles. The summed E-state index contributed by atoms with van der Waals surface area (Å²) in [5.74, 6) is 0.486. The van der Waals surface area contributed by atoms with Gasteiger partial charge in [-0.2, -0.15) is 14.0 Å². The van der Waals surface area contributed by atoms with Crippen molar-refractivity contribution in [3.63, 3.8) is 0 Å². The number of carbonyl (C=O) groups is 1. The molecule has 41 heavy (non-hydrogen) atoms. The fourth-order valence-electron chi connectivity index (χ4n) is 4.95. The molecule has 1 fully saturated rings. The van der Waals surface area contributed by atoms with Crippen LogP contribution in [0.15, 0.2) is 27.9 Å². The first-order valence-electron chi connectivity index (χ1n) is 13.4. The van der Waals surface area contributed by atoms with Crippen molar-refractivity contribution >= 4 is 21.8 Å². The zero-order valence-corrected chi connectivity index (χ0v) is 24.4. The van der Waals surface area contributed by atoms with Gasteiger partial charge in [-0.15, -0.1) is 5.10 Å². The number of aromatic nitrogens is 3. The summed E-state index contributed by atoms with van der Waals surface area (Å²) in [7, 11) is -2.69. The van der Waals surface area contributed by atoms with Crippen molar-refractivity contribution in [2.24, 2.45) is 0 Å². The Kier molecular flexibility index (Phi) is 9.40. The van der Waals surface area contributed by atoms with Crippen molar-refractivity contribution in [1.82, 2.24) is 23.8 Å². The molecule has 0 amide bonds. The molecule has 0 unspecified atom stereocenters. The molecular formula is C26H35N6O8S+. The van der Waals surface area contributed by atoms with Crippen LogP contribution >= 0.6 is 0 Å². The zero-order chi connectivity index (χ0) is 29.7. The molecule has 3 heterocycles. The van der Waals surface area contributed by atoms with Gasteiger partial charge in [0, 0.05) is 38.3 Å². The Bertz CT molecular complexity index is 1590. The first-order valence-corrected chi connectivity index (χ1v) is 14.8. The van der Waals surface area contributed by atoms with E-state index in [4.69, 9.17) is 9.57 Å². The molecule has 0 atom stereocenters. The van der Waals surface area contributed by atoms with E-state index in [0.717, 1.165) is 12.7 Å². The highest BCUT2D eigenvalue weighted by molar-refractivity contribution is 7.89. The highest BCUT2D eigenvalue weighted by Gasteiger charge is 2.30. The number of aldehydes is 1. The molecule has 15 heteroatoms. The van der Waals surface area contributed by atoms with E-state index in [1.807, 2.05) is 11.8 Å². The standard InChI is InChI=1S/C26H34N6O8S/c1-5-7-22-21(17-33)18(3)24-26(34)27-25(28-31(22)24)20-16-19(8-9-23(20)39-6-2)41(36,37)30-12-10-29(11-13-30)14-15-40-32(35)38-4/h8-9,16-17H,5-7,10-15H2,1-4H3/p+1. The average Bonchev–Trinajstić information content (AvgIpc) is 3.24. The third-order valence-corrected chi connectivity index (χ3v) is 8.91. The number of carbonyl (C=O) groups excluding carboxylic acids is 1. The molecule has 1 aliphatic heterocycles. The monoisotopic (exact) mass is 591 g/mol. The molecule has 222 valence electrons. The highest BCUT2D eigenvalue weighted by Crippen LogP contribution is 2.32. The number of ether oxygens (including phenoxy) is 1. The number of nitrogens with one attached hydrogen (secondary N) is 1. The van der Waals surface area contributed by atoms with Crippen LogP contribution in [0, 0.1) is 11.8 Å². The van der Waals surface area contributed by atoms with Gasteiger partial charge in [-0.3, -0.25) is 14.5 Å². The van der Waals surface area contributed by atoms with Crippen molar-refractivity contribution in [2.75, 3.05) is 53.0 Å². The van der Waals surface area contributed by atoms with Crippen molar-refractivity contribution in [3.8, 4) is 17.1 Å². The fraction of sp³-hybridized carbons (Fsp3) is 0.500. The first-order chi connectivity index (χ1) is 19.7. The molecular weight excluding hydrogens is 556 g/mol. The molecule has 1 aliphatic rings. The molecule has 0 radical (unpaired) electrons. The maximum atomic E-state index is 13.6. The molecule has 0 saturated carbocycles. The quantitative estimate of drug-likeness (QED) is 0.229. The van der Waals surface area contributed by atoms with Gasteiger partial charge < -0.3 is 9.72 Å². The number of aromatic amines is 1. The van der Waals surface area contributed by atoms with Gasteiger partial charge in [0.25, 0.3) is 5.56 Å². The van der Waals surface area contributed by atoms with Gasteiger partial charge in [0.1, 0.15) is 16.2 Å². The van der Waals surface area contributed by atoms with Crippen LogP contribution in [-0.2, 0) is 26.1 Å². The first kappa shape index (κ1) is 30.1. The van der Waals surface area contributed by atoms with E-state index < -0.39 is 15.6 Å². The van der Waals surface area contributed by atoms with Crippen molar-refractivity contribution in [2.45, 2.75) is 38.5 Å². The summed E-state index contributed by atoms with van der Waals surface area (Å²) in [6.45, 7) is 7.73. The molecule has 2 aromatic heterocycles. The number of aryl methyl sites for hydroxylation is 2. The summed E-state index contributed by atoms with van der Waals surface area (Å²) in [5, 5.41) is 4.67. The Morgan fingerprint density at radius 2 is 1.90 bits per heavy atom. The molecule has 1 N–H and O–H groups in total. The van der Waals surface area contributed by atoms with Gasteiger partial charge in [-0.1, -0.05) is 13.3 Å². The van der Waals surface area contributed by atoms with Gasteiger partial charge in [-0.25, -0.2) is 12.9 Å². The largest absolute Gasteiger partial charge is 0.493 e. The van der Waals surface area contributed by atoms with Crippen LogP contribution < -0.4 is 10.3 Å². The van der Waals surface area contributed by atoms with Crippen LogP contribution in [-0.4, -0.2) is 96.6 Å². The van der Waals surface area contributed by atoms with Crippen LogP contribution in [0.4, 0.5) is 0 Å². The van der Waals surface area contributed by atoms with Gasteiger partial charge in [0.2, 0.25) is 10.0 Å². The normalized spacial score (nSPS) is 14.7. The summed E-state index contributed by atoms with van der Waals surface area (Å²) in [4.78, 5) is 50.1. The van der Waals surface area contributed by atoms with Crippen LogP contribution in [0.2, 0.25) is 0 Å². The predicted octanol–water partition coefficient (Wildman–Crippen LogP) is 1.74. The number of hydrogen-bond acceptors (Lipinski definition) is 10. The maximum absolute atomic E-state index is 13.6. The van der Waals surface area contributed by atoms with Crippen molar-refractivity contribution < 1.29 is 32.7 Å². The van der Waals surface area contributed by atoms with Crippen LogP contribution in [0.25, 0.3) is 16.9 Å². The van der Waals surface area contributed by atoms with Gasteiger partial charge in [0.15, 0.2) is 25.8 Å². The number of benzene rings is 1. The number of fused-ring (bicyclic) bond motifs is 1. The van der Waals surface area contributed by atoms with Crippen molar-refractivity contribution in [3.05, 3.63) is 50.3 Å². The second-order valence-corrected chi connectivity index (χ2v) is 11.4. The van der Waals surface area contributed by atoms with Crippen LogP contribution in [0.5, 0.6) is 5.75 Å². The molecule has 3 aromatic rings. The average molecular weight is 592 g/mol. The lowest BCUT2D eigenvalue weighted by molar-refractivity contribution is -0.976. The minimum atomic E-state index is -3.89. The molecule has 14 nitrogen and oxygen atoms in total. The van der Waals surface area contributed by atoms with Gasteiger partial charge in [-0.05, 0) is 44.0 Å². The van der Waals surface area contributed by atoms with E-state index in [2.05, 4.69) is 14.9 Å². The molecule has 0 aliphatic carbocycles. The Hall–Kier alpha value is -3.82. The van der Waals surface area contributed by atoms with Gasteiger partial charge >= 0.3 is 5.09 Å². The Labute approximate surface area is 237 Å². The van der Waals surface area contributed by atoms with E-state index in [-0.39, 0.29) is 41.0 Å². The summed E-state index contributed by atoms with van der Waals surface area (Å²) < 4.78 is 35.9. The van der Waals surface area contributed by atoms with E-state index in [0.29, 0.717) is 60.8 Å². The Morgan fingerprint density at radius 1 is 1.17 bits per heavy atom. The number of piperazine rings is 1. The summed E-state index contributed by atoms with van der Waals surface area (Å²) in [5.41, 5.74) is 1.73. The molecule has 0 bridgehead atoms. The summed E-state index contributed by atoms with van der Waals surface area (Å²) >= 11 is 0. The number of sulfonamides is 1. The minimum Gasteiger partial charge on any atom is -0.493 e. The third kappa shape index (κ3) is 6.11. The number of rotatable bonds is 13. The highest BCUT2D eigenvalue weighted by atomic mass is 32.2. The van der Waals surface area contributed by atoms with E-state index in [9.17, 15) is 22.9 Å². The van der Waals surface area contributed by atoms with E-state index in [1.54, 1.807) is 19.9 Å². The van der Waals surface area contributed by atoms with E-state index in [1.165, 1.54) is 28.1 Å². The second kappa shape index (κ2) is 12.8. The van der Waals surface area contributed by atoms with Crippen LogP contribution in [0.1, 0.15) is 41.9 Å². The summed E-state index contributed by atoms with van der Waals surface area (Å²) in [6, 6.07) is 4.48. The molecule has 0 spiro atoms. The molecule has 1 saturated heterocycles. The lowest BCUT2D eigenvalue weighted by Gasteiger charge is -2.33. The lowest BCUT2D eigenvalue weighted by atomic mass is 10.1. The van der Waals surface area contributed by atoms with Crippen LogP contribution in [0.3, 0.4) is 0 Å². The minimum absolute atomic E-state index is 0.0212. The Morgan fingerprint density at radius 3 is 2.54 bits per heavy atom. The zero-order valence-electron chi connectivity index (χ0n) is 23.6. The van der Waals surface area contributed by atoms with Gasteiger partial charge in [0.05, 0.1) is 22.8 Å². The second-order valence-electron chi connectivity index (χ2n) is 9.49. The van der Waals surface area contributed by atoms with E-state index >= 15 is 0 Å². The number of hydrogen-bond donors (Lipinski definition) is 1. The fourth-order valence-corrected chi connectivity index (χ4v) is 6.40. The Balaban J connectivity index is 1.67. The third-order valence-electron chi connectivity index (χ3n) is 7.02. The smallest absolute Gasteiger partial charge is 0.477 e. The maximum Gasteiger partial charge on any atom is 0.477 e. The lowest BCUT2D eigenvalue weighted by Crippen LogP contribution is -2.49. The number of H-pyrrole nitrogens is 1. The number of nitrogens with zero attached hydrogens (tertiary/aromatic N) is 5.